The highest BCUT2D eigenvalue weighted by atomic mass is 32.2. The molecule has 0 aliphatic heterocycles. The molecule has 0 saturated carbocycles. The molecule has 0 N–H and O–H groups in total. The van der Waals surface area contributed by atoms with E-state index < -0.39 is 0 Å². The molecule has 22 heavy (non-hydrogen) atoms. The maximum Gasteiger partial charge on any atom is 0.170 e. The summed E-state index contributed by atoms with van der Waals surface area (Å²) in [7, 11) is 0. The number of halogens is 1. The zero-order valence-corrected chi connectivity index (χ0v) is 13.2. The smallest absolute Gasteiger partial charge is 0.170 e. The molecule has 0 aromatic carbocycles. The van der Waals surface area contributed by atoms with Gasteiger partial charge in [-0.2, -0.15) is 0 Å². The predicted octanol–water partition coefficient (Wildman–Crippen LogP) is 3.31. The average molecular weight is 317 g/mol. The van der Waals surface area contributed by atoms with Gasteiger partial charge in [-0.05, 0) is 49.5 Å². The number of carbonyl (C=O) groups excluding carboxylic acids is 1. The number of rotatable bonds is 5. The lowest BCUT2D eigenvalue weighted by Crippen LogP contribution is -2.12. The minimum atomic E-state index is -0.291. The SMILES string of the molecule is CSc1ccc(C(C=O)=NC(C)C2=CC=C(F)C=CC2)nn1. The van der Waals surface area contributed by atoms with Crippen molar-refractivity contribution in [3.05, 3.63) is 53.5 Å². The second kappa shape index (κ2) is 7.79. The quantitative estimate of drug-likeness (QED) is 0.475. The fraction of sp³-hybridized carbons (Fsp3) is 0.250. The van der Waals surface area contributed by atoms with Crippen LogP contribution in [0.5, 0.6) is 0 Å². The molecule has 0 fully saturated rings. The fourth-order valence-electron chi connectivity index (χ4n) is 1.94. The first-order valence-electron chi connectivity index (χ1n) is 6.78. The Hall–Kier alpha value is -2.08. The number of carbonyl (C=O) groups is 1. The molecule has 1 atom stereocenters. The molecule has 1 aliphatic rings. The molecule has 0 spiro atoms. The molecule has 1 aliphatic carbocycles. The van der Waals surface area contributed by atoms with Gasteiger partial charge in [0.2, 0.25) is 0 Å². The van der Waals surface area contributed by atoms with Crippen LogP contribution in [0.15, 0.2) is 57.9 Å². The number of hydrogen-bond acceptors (Lipinski definition) is 5. The minimum absolute atomic E-state index is 0.242. The number of thioether (sulfide) groups is 1. The first-order valence-corrected chi connectivity index (χ1v) is 8.00. The third-order valence-corrected chi connectivity index (χ3v) is 3.82. The van der Waals surface area contributed by atoms with E-state index in [0.29, 0.717) is 18.4 Å². The average Bonchev–Trinajstić information content (AvgIpc) is 2.77. The summed E-state index contributed by atoms with van der Waals surface area (Å²) in [6, 6.07) is 3.27. The summed E-state index contributed by atoms with van der Waals surface area (Å²) >= 11 is 1.48. The summed E-state index contributed by atoms with van der Waals surface area (Å²) < 4.78 is 13.2. The third-order valence-electron chi connectivity index (χ3n) is 3.18. The van der Waals surface area contributed by atoms with E-state index in [1.807, 2.05) is 13.2 Å². The first-order chi connectivity index (χ1) is 10.6. The van der Waals surface area contributed by atoms with Gasteiger partial charge < -0.3 is 0 Å². The largest absolute Gasteiger partial charge is 0.296 e. The molecular weight excluding hydrogens is 301 g/mol. The maximum atomic E-state index is 13.2. The summed E-state index contributed by atoms with van der Waals surface area (Å²) in [6.07, 6.45) is 9.43. The molecule has 4 nitrogen and oxygen atoms in total. The van der Waals surface area contributed by atoms with Crippen LogP contribution < -0.4 is 0 Å². The van der Waals surface area contributed by atoms with Crippen LogP contribution in [0.2, 0.25) is 0 Å². The van der Waals surface area contributed by atoms with Gasteiger partial charge in [-0.15, -0.1) is 22.0 Å². The molecule has 114 valence electrons. The Kier molecular flexibility index (Phi) is 5.77. The summed E-state index contributed by atoms with van der Waals surface area (Å²) in [4.78, 5) is 15.7. The van der Waals surface area contributed by atoms with Gasteiger partial charge in [-0.1, -0.05) is 12.2 Å². The summed E-state index contributed by atoms with van der Waals surface area (Å²) in [5, 5.41) is 8.79. The number of aromatic nitrogens is 2. The Bertz CT molecular complexity index is 662. The van der Waals surface area contributed by atoms with Crippen LogP contribution in [-0.4, -0.2) is 34.5 Å². The van der Waals surface area contributed by atoms with Crippen molar-refractivity contribution >= 4 is 23.8 Å². The molecule has 1 unspecified atom stereocenters. The second-order valence-corrected chi connectivity index (χ2v) is 5.50. The van der Waals surface area contributed by atoms with E-state index in [2.05, 4.69) is 15.2 Å². The van der Waals surface area contributed by atoms with E-state index >= 15 is 0 Å². The highest BCUT2D eigenvalue weighted by Crippen LogP contribution is 2.18. The van der Waals surface area contributed by atoms with Crippen LogP contribution in [0.3, 0.4) is 0 Å². The van der Waals surface area contributed by atoms with E-state index in [-0.39, 0.29) is 17.6 Å². The van der Waals surface area contributed by atoms with Gasteiger partial charge in [-0.3, -0.25) is 9.79 Å². The van der Waals surface area contributed by atoms with Gasteiger partial charge in [-0.25, -0.2) is 4.39 Å². The van der Waals surface area contributed by atoms with Gasteiger partial charge in [0.1, 0.15) is 22.3 Å². The topological polar surface area (TPSA) is 55.2 Å². The van der Waals surface area contributed by atoms with Crippen LogP contribution in [0.25, 0.3) is 0 Å². The molecule has 1 aromatic heterocycles. The normalized spacial score (nSPS) is 16.6. The molecular formula is C16H16FN3OS. The van der Waals surface area contributed by atoms with Crippen LogP contribution in [0, 0.1) is 0 Å². The lowest BCUT2D eigenvalue weighted by molar-refractivity contribution is -0.102. The van der Waals surface area contributed by atoms with Crippen LogP contribution in [0.4, 0.5) is 4.39 Å². The maximum absolute atomic E-state index is 13.2. The Labute approximate surface area is 132 Å². The van der Waals surface area contributed by atoms with Crippen molar-refractivity contribution in [2.24, 2.45) is 4.99 Å². The van der Waals surface area contributed by atoms with Gasteiger partial charge in [0.05, 0.1) is 6.04 Å². The minimum Gasteiger partial charge on any atom is -0.296 e. The summed E-state index contributed by atoms with van der Waals surface area (Å²) in [5.41, 5.74) is 1.61. The second-order valence-electron chi connectivity index (χ2n) is 4.67. The third kappa shape index (κ3) is 4.21. The van der Waals surface area contributed by atoms with Crippen molar-refractivity contribution < 1.29 is 9.18 Å². The Balaban J connectivity index is 2.24. The molecule has 0 radical (unpaired) electrons. The van der Waals surface area contributed by atoms with Crippen molar-refractivity contribution in [3.63, 3.8) is 0 Å². The van der Waals surface area contributed by atoms with Gasteiger partial charge in [0, 0.05) is 0 Å². The van der Waals surface area contributed by atoms with Crippen molar-refractivity contribution in [2.75, 3.05) is 6.26 Å². The number of aldehydes is 1. The van der Waals surface area contributed by atoms with Crippen LogP contribution in [0.1, 0.15) is 19.0 Å². The summed E-state index contributed by atoms with van der Waals surface area (Å²) in [5.74, 6) is -0.291. The summed E-state index contributed by atoms with van der Waals surface area (Å²) in [6.45, 7) is 1.87. The number of hydrogen-bond donors (Lipinski definition) is 0. The standard InChI is InChI=1S/C16H16FN3OS/c1-11(12-4-3-5-13(17)7-6-12)18-15(10-21)14-8-9-16(22-2)20-19-14/h3,5-11H,4H2,1-2H3. The molecule has 0 amide bonds. The van der Waals surface area contributed by atoms with Crippen LogP contribution in [-0.2, 0) is 4.79 Å². The zero-order valence-electron chi connectivity index (χ0n) is 12.4. The molecule has 2 rings (SSSR count). The first kappa shape index (κ1) is 16.3. The van der Waals surface area contributed by atoms with Crippen molar-refractivity contribution in [1.29, 1.82) is 0 Å². The predicted molar refractivity (Wildman–Crippen MR) is 86.9 cm³/mol. The Morgan fingerprint density at radius 3 is 2.86 bits per heavy atom. The highest BCUT2D eigenvalue weighted by Gasteiger charge is 2.11. The van der Waals surface area contributed by atoms with Gasteiger partial charge in [0.15, 0.2) is 6.29 Å². The molecule has 1 aromatic rings. The lowest BCUT2D eigenvalue weighted by Gasteiger charge is -2.10. The number of aliphatic imine (C=N–C) groups is 1. The Morgan fingerprint density at radius 2 is 2.23 bits per heavy atom. The number of allylic oxidation sites excluding steroid dienone is 5. The van der Waals surface area contributed by atoms with Crippen LogP contribution >= 0.6 is 11.8 Å². The van der Waals surface area contributed by atoms with Crippen molar-refractivity contribution in [3.8, 4) is 0 Å². The molecule has 6 heteroatoms. The van der Waals surface area contributed by atoms with Gasteiger partial charge in [0.25, 0.3) is 0 Å². The van der Waals surface area contributed by atoms with E-state index in [4.69, 9.17) is 0 Å². The van der Waals surface area contributed by atoms with Crippen molar-refractivity contribution in [2.45, 2.75) is 24.4 Å². The van der Waals surface area contributed by atoms with E-state index in [9.17, 15) is 9.18 Å². The molecule has 0 bridgehead atoms. The monoisotopic (exact) mass is 317 g/mol. The lowest BCUT2D eigenvalue weighted by atomic mass is 10.1. The molecule has 1 heterocycles. The highest BCUT2D eigenvalue weighted by molar-refractivity contribution is 7.98. The van der Waals surface area contributed by atoms with E-state index in [0.717, 1.165) is 10.6 Å². The van der Waals surface area contributed by atoms with Gasteiger partial charge >= 0.3 is 0 Å². The fourth-order valence-corrected chi connectivity index (χ4v) is 2.27. The van der Waals surface area contributed by atoms with Crippen molar-refractivity contribution in [1.82, 2.24) is 10.2 Å². The zero-order chi connectivity index (χ0) is 15.9. The number of nitrogens with zero attached hydrogens (tertiary/aromatic N) is 3. The van der Waals surface area contributed by atoms with E-state index in [1.165, 1.54) is 23.9 Å². The molecule has 0 saturated heterocycles. The van der Waals surface area contributed by atoms with E-state index in [1.54, 1.807) is 24.3 Å². The Morgan fingerprint density at radius 1 is 1.41 bits per heavy atom.